The number of imidazole rings is 1. The molecule has 0 radical (unpaired) electrons. The van der Waals surface area contributed by atoms with Crippen molar-refractivity contribution < 1.29 is 0 Å². The fourth-order valence-corrected chi connectivity index (χ4v) is 2.55. The van der Waals surface area contributed by atoms with E-state index in [1.54, 1.807) is 0 Å². The van der Waals surface area contributed by atoms with Crippen LogP contribution < -0.4 is 5.32 Å². The Kier molecular flexibility index (Phi) is 3.06. The normalized spacial score (nSPS) is 16.2. The predicted molar refractivity (Wildman–Crippen MR) is 66.6 cm³/mol. The first-order valence-electron chi connectivity index (χ1n) is 6.34. The Morgan fingerprint density at radius 2 is 2.12 bits per heavy atom. The predicted octanol–water partition coefficient (Wildman–Crippen LogP) is 2.24. The van der Waals surface area contributed by atoms with Crippen LogP contribution in [0.3, 0.4) is 0 Å². The highest BCUT2D eigenvalue weighted by atomic mass is 15.2. The first kappa shape index (κ1) is 11.6. The average molecular weight is 221 g/mol. The lowest BCUT2D eigenvalue weighted by molar-refractivity contribution is 0.366. The lowest BCUT2D eigenvalue weighted by atomic mass is 10.1. The van der Waals surface area contributed by atoms with E-state index in [0.29, 0.717) is 0 Å². The summed E-state index contributed by atoms with van der Waals surface area (Å²) in [5, 5.41) is 3.40. The average Bonchev–Trinajstić information content (AvgIpc) is 2.55. The van der Waals surface area contributed by atoms with E-state index in [0.717, 1.165) is 25.9 Å². The van der Waals surface area contributed by atoms with Crippen LogP contribution in [-0.2, 0) is 24.9 Å². The SMILES string of the molecule is CCCc1nc2c(n1C(C)(C)C)CCNC2. The van der Waals surface area contributed by atoms with E-state index >= 15 is 0 Å². The van der Waals surface area contributed by atoms with Crippen molar-refractivity contribution in [2.45, 2.75) is 59.0 Å². The van der Waals surface area contributed by atoms with Gasteiger partial charge in [-0.1, -0.05) is 6.92 Å². The minimum absolute atomic E-state index is 0.155. The van der Waals surface area contributed by atoms with Crippen molar-refractivity contribution in [3.63, 3.8) is 0 Å². The van der Waals surface area contributed by atoms with E-state index in [9.17, 15) is 0 Å². The zero-order valence-electron chi connectivity index (χ0n) is 10.9. The second-order valence-corrected chi connectivity index (χ2v) is 5.60. The fourth-order valence-electron chi connectivity index (χ4n) is 2.55. The topological polar surface area (TPSA) is 29.9 Å². The summed E-state index contributed by atoms with van der Waals surface area (Å²) in [6, 6.07) is 0. The third kappa shape index (κ3) is 2.01. The molecule has 1 aliphatic heterocycles. The summed E-state index contributed by atoms with van der Waals surface area (Å²) in [6.07, 6.45) is 3.37. The molecule has 16 heavy (non-hydrogen) atoms. The Balaban J connectivity index is 2.48. The van der Waals surface area contributed by atoms with Crippen molar-refractivity contribution in [2.24, 2.45) is 0 Å². The summed E-state index contributed by atoms with van der Waals surface area (Å²) in [7, 11) is 0. The number of nitrogens with one attached hydrogen (secondary N) is 1. The molecule has 0 saturated heterocycles. The summed E-state index contributed by atoms with van der Waals surface area (Å²) in [5.74, 6) is 1.27. The smallest absolute Gasteiger partial charge is 0.109 e. The van der Waals surface area contributed by atoms with Crippen molar-refractivity contribution in [3.05, 3.63) is 17.2 Å². The molecular weight excluding hydrogens is 198 g/mol. The Morgan fingerprint density at radius 1 is 1.38 bits per heavy atom. The summed E-state index contributed by atoms with van der Waals surface area (Å²) in [6.45, 7) is 11.1. The maximum Gasteiger partial charge on any atom is 0.109 e. The Labute approximate surface area is 98.3 Å². The lowest BCUT2D eigenvalue weighted by Crippen LogP contribution is -2.30. The molecule has 1 aromatic rings. The van der Waals surface area contributed by atoms with Gasteiger partial charge in [0, 0.05) is 37.2 Å². The van der Waals surface area contributed by atoms with Crippen molar-refractivity contribution in [1.82, 2.24) is 14.9 Å². The van der Waals surface area contributed by atoms with E-state index in [4.69, 9.17) is 4.98 Å². The van der Waals surface area contributed by atoms with Crippen LogP contribution in [0.1, 0.15) is 51.3 Å². The van der Waals surface area contributed by atoms with Crippen molar-refractivity contribution >= 4 is 0 Å². The van der Waals surface area contributed by atoms with E-state index in [1.807, 2.05) is 0 Å². The highest BCUT2D eigenvalue weighted by Gasteiger charge is 2.25. The van der Waals surface area contributed by atoms with Crippen LogP contribution in [0.25, 0.3) is 0 Å². The van der Waals surface area contributed by atoms with Gasteiger partial charge in [0.05, 0.1) is 5.69 Å². The van der Waals surface area contributed by atoms with Crippen LogP contribution in [-0.4, -0.2) is 16.1 Å². The minimum Gasteiger partial charge on any atom is -0.326 e. The summed E-state index contributed by atoms with van der Waals surface area (Å²) < 4.78 is 2.46. The maximum absolute atomic E-state index is 4.81. The third-order valence-corrected chi connectivity index (χ3v) is 3.10. The van der Waals surface area contributed by atoms with Gasteiger partial charge in [0.1, 0.15) is 5.82 Å². The third-order valence-electron chi connectivity index (χ3n) is 3.10. The molecule has 1 aromatic heterocycles. The van der Waals surface area contributed by atoms with Gasteiger partial charge >= 0.3 is 0 Å². The molecular formula is C13H23N3. The van der Waals surface area contributed by atoms with Crippen LogP contribution in [0.5, 0.6) is 0 Å². The van der Waals surface area contributed by atoms with E-state index in [-0.39, 0.29) is 5.54 Å². The molecule has 0 spiro atoms. The number of aromatic nitrogens is 2. The molecule has 2 rings (SSSR count). The molecule has 1 N–H and O–H groups in total. The lowest BCUT2D eigenvalue weighted by Gasteiger charge is -2.27. The Hall–Kier alpha value is -0.830. The summed E-state index contributed by atoms with van der Waals surface area (Å²) in [5.41, 5.74) is 2.88. The van der Waals surface area contributed by atoms with E-state index in [2.05, 4.69) is 37.6 Å². The van der Waals surface area contributed by atoms with Gasteiger partial charge in [-0.15, -0.1) is 0 Å². The van der Waals surface area contributed by atoms with Gasteiger partial charge in [0.15, 0.2) is 0 Å². The van der Waals surface area contributed by atoms with Crippen molar-refractivity contribution in [1.29, 1.82) is 0 Å². The molecule has 0 aromatic carbocycles. The molecule has 1 aliphatic rings. The standard InChI is InChI=1S/C13H23N3/c1-5-6-12-15-10-9-14-8-7-11(10)16(12)13(2,3)4/h14H,5-9H2,1-4H3. The largest absolute Gasteiger partial charge is 0.326 e. The molecule has 0 fully saturated rings. The number of fused-ring (bicyclic) bond motifs is 1. The second kappa shape index (κ2) is 4.21. The quantitative estimate of drug-likeness (QED) is 0.830. The molecule has 3 heteroatoms. The van der Waals surface area contributed by atoms with Crippen molar-refractivity contribution in [2.75, 3.05) is 6.54 Å². The number of hydrogen-bond acceptors (Lipinski definition) is 2. The molecule has 0 saturated carbocycles. The van der Waals surface area contributed by atoms with Crippen LogP contribution in [0.2, 0.25) is 0 Å². The van der Waals surface area contributed by atoms with Gasteiger partial charge in [0.2, 0.25) is 0 Å². The minimum atomic E-state index is 0.155. The van der Waals surface area contributed by atoms with Gasteiger partial charge in [-0.25, -0.2) is 4.98 Å². The first-order valence-corrected chi connectivity index (χ1v) is 6.34. The molecule has 90 valence electrons. The van der Waals surface area contributed by atoms with Crippen LogP contribution in [0.15, 0.2) is 0 Å². The summed E-state index contributed by atoms with van der Waals surface area (Å²) >= 11 is 0. The maximum atomic E-state index is 4.81. The van der Waals surface area contributed by atoms with Crippen LogP contribution in [0, 0.1) is 0 Å². The summed E-state index contributed by atoms with van der Waals surface area (Å²) in [4.78, 5) is 4.81. The molecule has 0 aliphatic carbocycles. The number of nitrogens with zero attached hydrogens (tertiary/aromatic N) is 2. The van der Waals surface area contributed by atoms with Gasteiger partial charge < -0.3 is 9.88 Å². The van der Waals surface area contributed by atoms with Crippen LogP contribution >= 0.6 is 0 Å². The Morgan fingerprint density at radius 3 is 2.75 bits per heavy atom. The van der Waals surface area contributed by atoms with Gasteiger partial charge in [-0.2, -0.15) is 0 Å². The highest BCUT2D eigenvalue weighted by Crippen LogP contribution is 2.25. The molecule has 0 bridgehead atoms. The van der Waals surface area contributed by atoms with Crippen molar-refractivity contribution in [3.8, 4) is 0 Å². The highest BCUT2D eigenvalue weighted by molar-refractivity contribution is 5.22. The fraction of sp³-hybridized carbons (Fsp3) is 0.769. The van der Waals surface area contributed by atoms with Gasteiger partial charge in [-0.05, 0) is 27.2 Å². The zero-order chi connectivity index (χ0) is 11.8. The number of aryl methyl sites for hydroxylation is 1. The second-order valence-electron chi connectivity index (χ2n) is 5.60. The van der Waals surface area contributed by atoms with Gasteiger partial charge in [-0.3, -0.25) is 0 Å². The molecule has 3 nitrogen and oxygen atoms in total. The van der Waals surface area contributed by atoms with E-state index in [1.165, 1.54) is 23.6 Å². The monoisotopic (exact) mass is 221 g/mol. The molecule has 0 unspecified atom stereocenters. The first-order chi connectivity index (χ1) is 7.54. The zero-order valence-corrected chi connectivity index (χ0v) is 10.9. The van der Waals surface area contributed by atoms with Crippen LogP contribution in [0.4, 0.5) is 0 Å². The van der Waals surface area contributed by atoms with E-state index < -0.39 is 0 Å². The molecule has 0 atom stereocenters. The molecule has 2 heterocycles. The number of rotatable bonds is 2. The Bertz CT molecular complexity index is 371. The van der Waals surface area contributed by atoms with Gasteiger partial charge in [0.25, 0.3) is 0 Å². The molecule has 0 amide bonds. The number of hydrogen-bond donors (Lipinski definition) is 1.